The first-order valence-corrected chi connectivity index (χ1v) is 7.14. The average molecular weight is 279 g/mol. The number of benzene rings is 1. The van der Waals surface area contributed by atoms with Crippen molar-refractivity contribution in [1.82, 2.24) is 4.90 Å². The first-order valence-electron chi connectivity index (χ1n) is 7.14. The number of carboxylic acid groups (broad SMARTS) is 1. The van der Waals surface area contributed by atoms with Gasteiger partial charge in [0, 0.05) is 6.54 Å². The summed E-state index contributed by atoms with van der Waals surface area (Å²) in [5, 5.41) is 9.04. The lowest BCUT2D eigenvalue weighted by Gasteiger charge is -2.18. The fourth-order valence-corrected chi connectivity index (χ4v) is 1.88. The van der Waals surface area contributed by atoms with E-state index in [1.165, 1.54) is 6.42 Å². The molecule has 1 N–H and O–H groups in total. The zero-order valence-electron chi connectivity index (χ0n) is 12.6. The molecule has 0 aromatic heterocycles. The third-order valence-corrected chi connectivity index (χ3v) is 3.15. The van der Waals surface area contributed by atoms with Crippen molar-refractivity contribution in [3.05, 3.63) is 29.8 Å². The SMILES string of the molecule is CC(C)CCN(C)CCCOc1ccccc1C(=O)O. The van der Waals surface area contributed by atoms with Crippen molar-refractivity contribution < 1.29 is 14.6 Å². The highest BCUT2D eigenvalue weighted by Crippen LogP contribution is 2.17. The Balaban J connectivity index is 2.29. The van der Waals surface area contributed by atoms with Crippen LogP contribution in [0.1, 0.15) is 37.0 Å². The van der Waals surface area contributed by atoms with Crippen molar-refractivity contribution >= 4 is 5.97 Å². The summed E-state index contributed by atoms with van der Waals surface area (Å²) in [7, 11) is 2.10. The molecule has 0 fully saturated rings. The van der Waals surface area contributed by atoms with Gasteiger partial charge in [0.25, 0.3) is 0 Å². The molecule has 0 saturated carbocycles. The third-order valence-electron chi connectivity index (χ3n) is 3.15. The number of aromatic carboxylic acids is 1. The van der Waals surface area contributed by atoms with Crippen LogP contribution in [0.2, 0.25) is 0 Å². The van der Waals surface area contributed by atoms with E-state index in [2.05, 4.69) is 25.8 Å². The maximum Gasteiger partial charge on any atom is 0.339 e. The zero-order valence-corrected chi connectivity index (χ0v) is 12.6. The molecule has 112 valence electrons. The molecule has 0 radical (unpaired) electrons. The Labute approximate surface area is 121 Å². The molecule has 4 nitrogen and oxygen atoms in total. The summed E-state index contributed by atoms with van der Waals surface area (Å²) in [5.41, 5.74) is 0.223. The Morgan fingerprint density at radius 3 is 2.65 bits per heavy atom. The maximum absolute atomic E-state index is 11.0. The van der Waals surface area contributed by atoms with Gasteiger partial charge in [0.2, 0.25) is 0 Å². The molecule has 20 heavy (non-hydrogen) atoms. The van der Waals surface area contributed by atoms with E-state index in [1.807, 2.05) is 0 Å². The van der Waals surface area contributed by atoms with Crippen LogP contribution >= 0.6 is 0 Å². The van der Waals surface area contributed by atoms with Crippen molar-refractivity contribution in [2.75, 3.05) is 26.7 Å². The molecule has 0 bridgehead atoms. The molecule has 1 rings (SSSR count). The average Bonchev–Trinajstić information content (AvgIpc) is 2.41. The minimum atomic E-state index is -0.949. The number of ether oxygens (including phenoxy) is 1. The van der Waals surface area contributed by atoms with Gasteiger partial charge in [0.15, 0.2) is 0 Å². The van der Waals surface area contributed by atoms with Crippen LogP contribution in [-0.2, 0) is 0 Å². The molecule has 1 aromatic rings. The molecule has 1 aromatic carbocycles. The largest absolute Gasteiger partial charge is 0.493 e. The summed E-state index contributed by atoms with van der Waals surface area (Å²) in [5.74, 6) is 0.218. The monoisotopic (exact) mass is 279 g/mol. The van der Waals surface area contributed by atoms with Crippen LogP contribution in [0.4, 0.5) is 0 Å². The van der Waals surface area contributed by atoms with Gasteiger partial charge < -0.3 is 14.7 Å². The first-order chi connectivity index (χ1) is 9.50. The van der Waals surface area contributed by atoms with Crippen molar-refractivity contribution in [1.29, 1.82) is 0 Å². The standard InChI is InChI=1S/C16H25NO3/c1-13(2)9-11-17(3)10-6-12-20-15-8-5-4-7-14(15)16(18)19/h4-5,7-8,13H,6,9-12H2,1-3H3,(H,18,19). The lowest BCUT2D eigenvalue weighted by atomic mass is 10.1. The fraction of sp³-hybridized carbons (Fsp3) is 0.562. The van der Waals surface area contributed by atoms with Gasteiger partial charge in [-0.05, 0) is 44.5 Å². The van der Waals surface area contributed by atoms with Gasteiger partial charge in [-0.3, -0.25) is 0 Å². The predicted octanol–water partition coefficient (Wildman–Crippen LogP) is 3.13. The van der Waals surface area contributed by atoms with E-state index in [0.29, 0.717) is 12.4 Å². The molecular weight excluding hydrogens is 254 g/mol. The smallest absolute Gasteiger partial charge is 0.339 e. The van der Waals surface area contributed by atoms with E-state index in [1.54, 1.807) is 24.3 Å². The van der Waals surface area contributed by atoms with Crippen molar-refractivity contribution in [2.24, 2.45) is 5.92 Å². The molecule has 4 heteroatoms. The molecule has 0 aliphatic carbocycles. The Kier molecular flexibility index (Phi) is 7.09. The molecule has 0 spiro atoms. The lowest BCUT2D eigenvalue weighted by Crippen LogP contribution is -2.23. The highest BCUT2D eigenvalue weighted by Gasteiger charge is 2.09. The van der Waals surface area contributed by atoms with Crippen LogP contribution in [-0.4, -0.2) is 42.7 Å². The third kappa shape index (κ3) is 6.06. The second kappa shape index (κ2) is 8.59. The van der Waals surface area contributed by atoms with Gasteiger partial charge in [0.05, 0.1) is 6.61 Å². The minimum absolute atomic E-state index is 0.223. The molecule has 0 aliphatic heterocycles. The van der Waals surface area contributed by atoms with Crippen molar-refractivity contribution in [3.8, 4) is 5.75 Å². The van der Waals surface area contributed by atoms with Crippen LogP contribution in [0, 0.1) is 5.92 Å². The minimum Gasteiger partial charge on any atom is -0.493 e. The van der Waals surface area contributed by atoms with Gasteiger partial charge in [-0.1, -0.05) is 26.0 Å². The summed E-state index contributed by atoms with van der Waals surface area (Å²) in [6.45, 7) is 7.03. The Morgan fingerprint density at radius 1 is 1.30 bits per heavy atom. The molecule has 0 atom stereocenters. The second-order valence-electron chi connectivity index (χ2n) is 5.49. The normalized spacial score (nSPS) is 11.1. The van der Waals surface area contributed by atoms with Gasteiger partial charge in [0.1, 0.15) is 11.3 Å². The molecule has 0 heterocycles. The summed E-state index contributed by atoms with van der Waals surface area (Å²) in [6, 6.07) is 6.75. The van der Waals surface area contributed by atoms with Gasteiger partial charge in [-0.25, -0.2) is 4.79 Å². The van der Waals surface area contributed by atoms with Crippen molar-refractivity contribution in [2.45, 2.75) is 26.7 Å². The summed E-state index contributed by atoms with van der Waals surface area (Å²) >= 11 is 0. The molecular formula is C16H25NO3. The van der Waals surface area contributed by atoms with E-state index in [-0.39, 0.29) is 5.56 Å². The van der Waals surface area contributed by atoms with Crippen LogP contribution in [0.15, 0.2) is 24.3 Å². The number of nitrogens with zero attached hydrogens (tertiary/aromatic N) is 1. The summed E-state index contributed by atoms with van der Waals surface area (Å²) in [4.78, 5) is 13.3. The van der Waals surface area contributed by atoms with Crippen LogP contribution in [0.3, 0.4) is 0 Å². The Morgan fingerprint density at radius 2 is 2.00 bits per heavy atom. The highest BCUT2D eigenvalue weighted by molar-refractivity contribution is 5.90. The summed E-state index contributed by atoms with van der Waals surface area (Å²) < 4.78 is 5.57. The summed E-state index contributed by atoms with van der Waals surface area (Å²) in [6.07, 6.45) is 2.09. The Bertz CT molecular complexity index is 418. The van der Waals surface area contributed by atoms with Gasteiger partial charge in [-0.2, -0.15) is 0 Å². The number of hydrogen-bond acceptors (Lipinski definition) is 3. The molecule has 0 unspecified atom stereocenters. The molecule has 0 aliphatic rings. The lowest BCUT2D eigenvalue weighted by molar-refractivity contribution is 0.0692. The van der Waals surface area contributed by atoms with Crippen LogP contribution < -0.4 is 4.74 Å². The number of rotatable bonds is 9. The molecule has 0 amide bonds. The Hall–Kier alpha value is -1.55. The quantitative estimate of drug-likeness (QED) is 0.706. The van der Waals surface area contributed by atoms with E-state index in [9.17, 15) is 4.79 Å². The number of carbonyl (C=O) groups is 1. The van der Waals surface area contributed by atoms with Gasteiger partial charge >= 0.3 is 5.97 Å². The highest BCUT2D eigenvalue weighted by atomic mass is 16.5. The maximum atomic E-state index is 11.0. The van der Waals surface area contributed by atoms with Crippen LogP contribution in [0.25, 0.3) is 0 Å². The second-order valence-corrected chi connectivity index (χ2v) is 5.49. The zero-order chi connectivity index (χ0) is 15.0. The first kappa shape index (κ1) is 16.5. The topological polar surface area (TPSA) is 49.8 Å². The molecule has 0 saturated heterocycles. The van der Waals surface area contributed by atoms with E-state index >= 15 is 0 Å². The van der Waals surface area contributed by atoms with E-state index < -0.39 is 5.97 Å². The fourth-order valence-electron chi connectivity index (χ4n) is 1.88. The van der Waals surface area contributed by atoms with E-state index in [0.717, 1.165) is 25.4 Å². The van der Waals surface area contributed by atoms with E-state index in [4.69, 9.17) is 9.84 Å². The number of para-hydroxylation sites is 1. The number of hydrogen-bond donors (Lipinski definition) is 1. The van der Waals surface area contributed by atoms with Crippen molar-refractivity contribution in [3.63, 3.8) is 0 Å². The predicted molar refractivity (Wildman–Crippen MR) is 80.5 cm³/mol. The number of carboxylic acids is 1. The van der Waals surface area contributed by atoms with Gasteiger partial charge in [-0.15, -0.1) is 0 Å². The van der Waals surface area contributed by atoms with Crippen LogP contribution in [0.5, 0.6) is 5.75 Å².